The Labute approximate surface area is 192 Å². The quantitative estimate of drug-likeness (QED) is 0.552. The Balaban J connectivity index is 1.53. The van der Waals surface area contributed by atoms with E-state index in [4.69, 9.17) is 21.1 Å². The van der Waals surface area contributed by atoms with Crippen LogP contribution < -0.4 is 14.4 Å². The highest BCUT2D eigenvalue weighted by molar-refractivity contribution is 6.32. The van der Waals surface area contributed by atoms with E-state index in [1.54, 1.807) is 7.11 Å². The lowest BCUT2D eigenvalue weighted by Crippen LogP contribution is -2.56. The second-order valence-electron chi connectivity index (χ2n) is 9.17. The van der Waals surface area contributed by atoms with Gasteiger partial charge >= 0.3 is 0 Å². The fraction of sp³-hybridized carbons (Fsp3) is 0.538. The summed E-state index contributed by atoms with van der Waals surface area (Å²) in [5.74, 6) is 1.77. The maximum Gasteiger partial charge on any atom is 0.140 e. The van der Waals surface area contributed by atoms with Crippen LogP contribution in [0.5, 0.6) is 11.5 Å². The van der Waals surface area contributed by atoms with Crippen LogP contribution in [-0.4, -0.2) is 43.8 Å². The number of nitrogens with zero attached hydrogens (tertiary/aromatic N) is 2. The number of piperazine rings is 1. The van der Waals surface area contributed by atoms with Crippen LogP contribution in [0.1, 0.15) is 55.8 Å². The highest BCUT2D eigenvalue weighted by Gasteiger charge is 2.36. The molecule has 0 N–H and O–H groups in total. The molecular formula is C26H35ClN2O2. The van der Waals surface area contributed by atoms with Crippen molar-refractivity contribution in [2.75, 3.05) is 31.6 Å². The Morgan fingerprint density at radius 2 is 1.81 bits per heavy atom. The molecule has 5 heteroatoms. The molecule has 0 bridgehead atoms. The molecule has 2 aromatic carbocycles. The van der Waals surface area contributed by atoms with Crippen LogP contribution in [-0.2, 0) is 0 Å². The van der Waals surface area contributed by atoms with Crippen LogP contribution in [0.15, 0.2) is 30.3 Å². The summed E-state index contributed by atoms with van der Waals surface area (Å²) in [5.41, 5.74) is 5.31. The molecule has 1 unspecified atom stereocenters. The van der Waals surface area contributed by atoms with Gasteiger partial charge in [0.25, 0.3) is 0 Å². The number of hydrogen-bond donors (Lipinski definition) is 0. The van der Waals surface area contributed by atoms with Crippen molar-refractivity contribution in [2.24, 2.45) is 0 Å². The van der Waals surface area contributed by atoms with Gasteiger partial charge in [0, 0.05) is 43.5 Å². The van der Waals surface area contributed by atoms with Crippen LogP contribution in [0.2, 0.25) is 5.02 Å². The minimum absolute atomic E-state index is 0.111. The molecule has 2 aliphatic heterocycles. The van der Waals surface area contributed by atoms with Gasteiger partial charge in [-0.05, 0) is 81.8 Å². The summed E-state index contributed by atoms with van der Waals surface area (Å²) in [7, 11) is 1.76. The molecule has 2 aromatic rings. The van der Waals surface area contributed by atoms with Gasteiger partial charge < -0.3 is 14.4 Å². The molecule has 2 saturated heterocycles. The molecule has 4 nitrogen and oxygen atoms in total. The van der Waals surface area contributed by atoms with Crippen molar-refractivity contribution in [1.82, 2.24) is 4.90 Å². The van der Waals surface area contributed by atoms with Gasteiger partial charge in [-0.25, -0.2) is 0 Å². The number of halogens is 1. The van der Waals surface area contributed by atoms with Crippen LogP contribution in [0, 0.1) is 13.8 Å². The van der Waals surface area contributed by atoms with Crippen LogP contribution in [0.25, 0.3) is 0 Å². The fourth-order valence-corrected chi connectivity index (χ4v) is 5.41. The lowest BCUT2D eigenvalue weighted by molar-refractivity contribution is 0.0712. The predicted octanol–water partition coefficient (Wildman–Crippen LogP) is 6.17. The number of hydrogen-bond acceptors (Lipinski definition) is 4. The summed E-state index contributed by atoms with van der Waals surface area (Å²) in [4.78, 5) is 5.24. The van der Waals surface area contributed by atoms with Crippen molar-refractivity contribution in [1.29, 1.82) is 0 Å². The summed E-state index contributed by atoms with van der Waals surface area (Å²) >= 11 is 6.37. The van der Waals surface area contributed by atoms with Crippen LogP contribution >= 0.6 is 11.6 Å². The first kappa shape index (κ1) is 22.3. The first-order chi connectivity index (χ1) is 14.9. The summed E-state index contributed by atoms with van der Waals surface area (Å²) in [6.07, 6.45) is 3.87. The molecule has 0 aromatic heterocycles. The third-order valence-corrected chi connectivity index (χ3v) is 7.26. The van der Waals surface area contributed by atoms with E-state index in [0.717, 1.165) is 31.1 Å². The lowest BCUT2D eigenvalue weighted by atomic mass is 9.86. The van der Waals surface area contributed by atoms with Crippen LogP contribution in [0.3, 0.4) is 0 Å². The molecule has 2 aliphatic rings. The topological polar surface area (TPSA) is 24.9 Å². The number of methoxy groups -OCH3 is 1. The molecule has 168 valence electrons. The molecule has 2 atom stereocenters. The van der Waals surface area contributed by atoms with Gasteiger partial charge in [0.05, 0.1) is 18.2 Å². The van der Waals surface area contributed by atoms with Gasteiger partial charge in [-0.1, -0.05) is 17.7 Å². The summed E-state index contributed by atoms with van der Waals surface area (Å²) in [6, 6.07) is 11.7. The average Bonchev–Trinajstić information content (AvgIpc) is 2.76. The van der Waals surface area contributed by atoms with E-state index >= 15 is 0 Å². The molecule has 4 rings (SSSR count). The molecule has 0 radical (unpaired) electrons. The maximum absolute atomic E-state index is 6.37. The normalized spacial score (nSPS) is 21.8. The van der Waals surface area contributed by atoms with Crippen molar-refractivity contribution in [3.05, 3.63) is 52.0 Å². The zero-order valence-electron chi connectivity index (χ0n) is 19.5. The number of piperidine rings is 1. The van der Waals surface area contributed by atoms with Crippen LogP contribution in [0.4, 0.5) is 5.69 Å². The zero-order valence-corrected chi connectivity index (χ0v) is 20.2. The summed E-state index contributed by atoms with van der Waals surface area (Å²) in [6.45, 7) is 11.6. The van der Waals surface area contributed by atoms with Crippen molar-refractivity contribution in [3.63, 3.8) is 0 Å². The van der Waals surface area contributed by atoms with Gasteiger partial charge in [-0.15, -0.1) is 0 Å². The Morgan fingerprint density at radius 1 is 1.00 bits per heavy atom. The second kappa shape index (κ2) is 9.30. The Bertz CT molecular complexity index is 930. The Morgan fingerprint density at radius 3 is 2.55 bits per heavy atom. The van der Waals surface area contributed by atoms with E-state index in [9.17, 15) is 0 Å². The van der Waals surface area contributed by atoms with Crippen molar-refractivity contribution in [2.45, 2.75) is 65.1 Å². The van der Waals surface area contributed by atoms with Crippen molar-refractivity contribution >= 4 is 17.3 Å². The minimum atomic E-state index is 0.111. The number of anilines is 1. The largest absolute Gasteiger partial charge is 0.496 e. The van der Waals surface area contributed by atoms with Crippen molar-refractivity contribution < 1.29 is 9.47 Å². The Hall–Kier alpha value is -1.91. The maximum atomic E-state index is 6.37. The van der Waals surface area contributed by atoms with Crippen molar-refractivity contribution in [3.8, 4) is 11.5 Å². The van der Waals surface area contributed by atoms with Gasteiger partial charge in [0.15, 0.2) is 0 Å². The SMILES string of the molecule is COc1ccc([C@H]2CCCC3CN(c4ccc(Cl)c(OC(C)C)c4)CCN32)c(C)c1C. The zero-order chi connectivity index (χ0) is 22.1. The van der Waals surface area contributed by atoms with E-state index in [1.807, 2.05) is 19.9 Å². The molecular weight excluding hydrogens is 408 g/mol. The fourth-order valence-electron chi connectivity index (χ4n) is 5.25. The number of fused-ring (bicyclic) bond motifs is 1. The molecule has 0 spiro atoms. The molecule has 31 heavy (non-hydrogen) atoms. The monoisotopic (exact) mass is 442 g/mol. The number of ether oxygens (including phenoxy) is 2. The molecule has 2 heterocycles. The van der Waals surface area contributed by atoms with E-state index < -0.39 is 0 Å². The number of rotatable bonds is 5. The smallest absolute Gasteiger partial charge is 0.140 e. The third kappa shape index (κ3) is 4.51. The van der Waals surface area contributed by atoms with Gasteiger partial charge in [-0.2, -0.15) is 0 Å². The summed E-state index contributed by atoms with van der Waals surface area (Å²) < 4.78 is 11.5. The van der Waals surface area contributed by atoms with Gasteiger partial charge in [-0.3, -0.25) is 4.90 Å². The standard InChI is InChI=1S/C26H35ClN2O2/c1-17(2)31-26-15-20(9-11-23(26)27)28-13-14-29-21(16-28)7-6-8-24(29)22-10-12-25(30-5)19(4)18(22)3/h9-12,15,17,21,24H,6-8,13-14,16H2,1-5H3/t21?,24-/m1/s1. The lowest BCUT2D eigenvalue weighted by Gasteiger charge is -2.49. The molecule has 2 fully saturated rings. The third-order valence-electron chi connectivity index (χ3n) is 6.94. The minimum Gasteiger partial charge on any atom is -0.496 e. The first-order valence-corrected chi connectivity index (χ1v) is 11.9. The van der Waals surface area contributed by atoms with E-state index in [1.165, 1.54) is 41.6 Å². The van der Waals surface area contributed by atoms with Gasteiger partial charge in [0.1, 0.15) is 11.5 Å². The second-order valence-corrected chi connectivity index (χ2v) is 9.58. The molecule has 0 amide bonds. The molecule has 0 aliphatic carbocycles. The van der Waals surface area contributed by atoms with E-state index in [2.05, 4.69) is 47.9 Å². The first-order valence-electron chi connectivity index (χ1n) is 11.5. The number of benzene rings is 2. The highest BCUT2D eigenvalue weighted by Crippen LogP contribution is 2.40. The molecule has 0 saturated carbocycles. The van der Waals surface area contributed by atoms with Gasteiger partial charge in [0.2, 0.25) is 0 Å². The average molecular weight is 443 g/mol. The Kier molecular flexibility index (Phi) is 6.68. The predicted molar refractivity (Wildman–Crippen MR) is 129 cm³/mol. The highest BCUT2D eigenvalue weighted by atomic mass is 35.5. The van der Waals surface area contributed by atoms with E-state index in [0.29, 0.717) is 17.1 Å². The summed E-state index contributed by atoms with van der Waals surface area (Å²) in [5, 5.41) is 0.680. The van der Waals surface area contributed by atoms with E-state index in [-0.39, 0.29) is 6.10 Å².